The number of hydrogen-bond acceptors (Lipinski definition) is 4. The Balaban J connectivity index is 2.65. The summed E-state index contributed by atoms with van der Waals surface area (Å²) in [4.78, 5) is 21.2. The Labute approximate surface area is 113 Å². The number of non-ortho nitro benzene ring substituents is 1. The maximum atomic E-state index is 11.1. The van der Waals surface area contributed by atoms with Gasteiger partial charge in [-0.2, -0.15) is 5.10 Å². The average Bonchev–Trinajstić information content (AvgIpc) is 2.65. The summed E-state index contributed by atoms with van der Waals surface area (Å²) < 4.78 is 1.51. The molecule has 0 N–H and O–H groups in total. The molecule has 1 aromatic heterocycles. The van der Waals surface area contributed by atoms with Gasteiger partial charge in [-0.3, -0.25) is 14.9 Å². The van der Waals surface area contributed by atoms with E-state index in [-0.39, 0.29) is 11.3 Å². The quantitative estimate of drug-likeness (QED) is 0.492. The second kappa shape index (κ2) is 4.81. The minimum absolute atomic E-state index is 0.140. The van der Waals surface area contributed by atoms with Crippen molar-refractivity contribution < 1.29 is 9.72 Å². The van der Waals surface area contributed by atoms with Crippen LogP contribution in [-0.2, 0) is 0 Å². The largest absolute Gasteiger partial charge is 0.298 e. The Hall–Kier alpha value is -2.21. The monoisotopic (exact) mass is 279 g/mol. The van der Waals surface area contributed by atoms with Crippen LogP contribution in [0.3, 0.4) is 0 Å². The molecule has 1 heterocycles. The van der Waals surface area contributed by atoms with E-state index in [9.17, 15) is 14.9 Å². The minimum atomic E-state index is -0.551. The fraction of sp³-hybridized carbons (Fsp3) is 0.167. The summed E-state index contributed by atoms with van der Waals surface area (Å²) in [5.74, 6) is 0. The maximum Gasteiger partial charge on any atom is 0.270 e. The van der Waals surface area contributed by atoms with Crippen LogP contribution in [0.1, 0.15) is 21.7 Å². The lowest BCUT2D eigenvalue weighted by Crippen LogP contribution is -2.04. The molecule has 0 amide bonds. The molecule has 0 radical (unpaired) electrons. The van der Waals surface area contributed by atoms with E-state index in [0.717, 1.165) is 0 Å². The maximum absolute atomic E-state index is 11.1. The average molecular weight is 280 g/mol. The first-order valence-electron chi connectivity index (χ1n) is 5.41. The lowest BCUT2D eigenvalue weighted by molar-refractivity contribution is -0.384. The molecule has 0 bridgehead atoms. The first kappa shape index (κ1) is 13.2. The van der Waals surface area contributed by atoms with Gasteiger partial charge in [-0.1, -0.05) is 11.6 Å². The number of aldehydes is 1. The van der Waals surface area contributed by atoms with Gasteiger partial charge in [0.15, 0.2) is 6.29 Å². The number of aromatic nitrogens is 2. The van der Waals surface area contributed by atoms with E-state index < -0.39 is 4.92 Å². The molecule has 0 saturated heterocycles. The number of carbonyl (C=O) groups is 1. The van der Waals surface area contributed by atoms with Gasteiger partial charge in [0.25, 0.3) is 5.69 Å². The van der Waals surface area contributed by atoms with E-state index in [1.807, 2.05) is 0 Å². The number of hydrogen-bond donors (Lipinski definition) is 0. The lowest BCUT2D eigenvalue weighted by Gasteiger charge is -2.07. The molecular weight excluding hydrogens is 270 g/mol. The van der Waals surface area contributed by atoms with Crippen molar-refractivity contribution in [2.75, 3.05) is 0 Å². The smallest absolute Gasteiger partial charge is 0.270 e. The van der Waals surface area contributed by atoms with Gasteiger partial charge in [0, 0.05) is 17.7 Å². The molecule has 19 heavy (non-hydrogen) atoms. The molecule has 0 saturated carbocycles. The number of aryl methyl sites for hydroxylation is 1. The van der Waals surface area contributed by atoms with Crippen molar-refractivity contribution in [3.63, 3.8) is 0 Å². The third kappa shape index (κ3) is 2.22. The molecule has 0 aliphatic carbocycles. The normalized spacial score (nSPS) is 10.5. The second-order valence-corrected chi connectivity index (χ2v) is 4.39. The highest BCUT2D eigenvalue weighted by molar-refractivity contribution is 6.31. The number of nitrogens with zero attached hydrogens (tertiary/aromatic N) is 3. The van der Waals surface area contributed by atoms with Gasteiger partial charge in [-0.25, -0.2) is 4.68 Å². The summed E-state index contributed by atoms with van der Waals surface area (Å²) in [5, 5.41) is 15.4. The van der Waals surface area contributed by atoms with Crippen molar-refractivity contribution in [1.82, 2.24) is 9.78 Å². The molecule has 6 nitrogen and oxygen atoms in total. The Morgan fingerprint density at radius 3 is 2.58 bits per heavy atom. The molecule has 0 spiro atoms. The molecule has 0 aliphatic rings. The van der Waals surface area contributed by atoms with Crippen molar-refractivity contribution in [3.05, 3.63) is 50.3 Å². The Morgan fingerprint density at radius 1 is 1.42 bits per heavy atom. The van der Waals surface area contributed by atoms with Gasteiger partial charge in [-0.15, -0.1) is 0 Å². The standard InChI is InChI=1S/C12H10ClN3O3/c1-7-12(13)8(2)15(14-7)11-4-3-10(16(18)19)5-9(11)6-17/h3-6H,1-2H3. The van der Waals surface area contributed by atoms with Gasteiger partial charge in [0.2, 0.25) is 0 Å². The van der Waals surface area contributed by atoms with Crippen LogP contribution >= 0.6 is 11.6 Å². The Bertz CT molecular complexity index is 679. The van der Waals surface area contributed by atoms with Crippen LogP contribution in [0.5, 0.6) is 0 Å². The summed E-state index contributed by atoms with van der Waals surface area (Å²) >= 11 is 6.05. The Kier molecular flexibility index (Phi) is 3.35. The summed E-state index contributed by atoms with van der Waals surface area (Å²) in [6, 6.07) is 4.02. The van der Waals surface area contributed by atoms with Crippen molar-refractivity contribution in [3.8, 4) is 5.69 Å². The van der Waals surface area contributed by atoms with E-state index in [4.69, 9.17) is 11.6 Å². The highest BCUT2D eigenvalue weighted by Crippen LogP contribution is 2.25. The fourth-order valence-electron chi connectivity index (χ4n) is 1.80. The van der Waals surface area contributed by atoms with E-state index in [1.165, 1.54) is 22.9 Å². The molecule has 1 aromatic carbocycles. The van der Waals surface area contributed by atoms with Crippen molar-refractivity contribution in [2.45, 2.75) is 13.8 Å². The fourth-order valence-corrected chi connectivity index (χ4v) is 1.92. The molecule has 98 valence electrons. The minimum Gasteiger partial charge on any atom is -0.298 e. The van der Waals surface area contributed by atoms with Crippen LogP contribution in [0.25, 0.3) is 5.69 Å². The van der Waals surface area contributed by atoms with Gasteiger partial charge in [0.05, 0.1) is 27.0 Å². The summed E-state index contributed by atoms with van der Waals surface area (Å²) in [7, 11) is 0. The molecule has 0 aliphatic heterocycles. The first-order chi connectivity index (χ1) is 8.95. The van der Waals surface area contributed by atoms with Gasteiger partial charge >= 0.3 is 0 Å². The number of nitro groups is 1. The third-order valence-electron chi connectivity index (χ3n) is 2.78. The van der Waals surface area contributed by atoms with Crippen LogP contribution in [0, 0.1) is 24.0 Å². The summed E-state index contributed by atoms with van der Waals surface area (Å²) in [5.41, 5.74) is 1.83. The van der Waals surface area contributed by atoms with Crippen molar-refractivity contribution >= 4 is 23.6 Å². The number of benzene rings is 1. The van der Waals surface area contributed by atoms with E-state index in [2.05, 4.69) is 5.10 Å². The molecule has 7 heteroatoms. The highest BCUT2D eigenvalue weighted by atomic mass is 35.5. The van der Waals surface area contributed by atoms with Crippen LogP contribution in [-0.4, -0.2) is 21.0 Å². The molecule has 2 aromatic rings. The van der Waals surface area contributed by atoms with Crippen LogP contribution in [0.15, 0.2) is 18.2 Å². The van der Waals surface area contributed by atoms with Crippen LogP contribution < -0.4 is 0 Å². The van der Waals surface area contributed by atoms with Crippen LogP contribution in [0.4, 0.5) is 5.69 Å². The van der Waals surface area contributed by atoms with Gasteiger partial charge in [0.1, 0.15) is 0 Å². The second-order valence-electron chi connectivity index (χ2n) is 4.01. The van der Waals surface area contributed by atoms with E-state index in [1.54, 1.807) is 13.8 Å². The molecule has 0 fully saturated rings. The molecule has 2 rings (SSSR count). The lowest BCUT2D eigenvalue weighted by atomic mass is 10.1. The number of carbonyl (C=O) groups excluding carboxylic acids is 1. The topological polar surface area (TPSA) is 78.0 Å². The Morgan fingerprint density at radius 2 is 2.11 bits per heavy atom. The van der Waals surface area contributed by atoms with Gasteiger partial charge in [-0.05, 0) is 19.9 Å². The van der Waals surface area contributed by atoms with Crippen molar-refractivity contribution in [2.24, 2.45) is 0 Å². The third-order valence-corrected chi connectivity index (χ3v) is 3.33. The number of nitro benzene ring substituents is 1. The van der Waals surface area contributed by atoms with Crippen LogP contribution in [0.2, 0.25) is 5.02 Å². The SMILES string of the molecule is Cc1nn(-c2ccc([N+](=O)[O-])cc2C=O)c(C)c1Cl. The highest BCUT2D eigenvalue weighted by Gasteiger charge is 2.16. The zero-order valence-corrected chi connectivity index (χ0v) is 11.0. The number of rotatable bonds is 3. The first-order valence-corrected chi connectivity index (χ1v) is 5.79. The van der Waals surface area contributed by atoms with Gasteiger partial charge < -0.3 is 0 Å². The van der Waals surface area contributed by atoms with E-state index in [0.29, 0.717) is 28.4 Å². The molecular formula is C12H10ClN3O3. The molecule has 0 atom stereocenters. The van der Waals surface area contributed by atoms with Crippen molar-refractivity contribution in [1.29, 1.82) is 0 Å². The van der Waals surface area contributed by atoms with E-state index >= 15 is 0 Å². The molecule has 0 unspecified atom stereocenters. The predicted molar refractivity (Wildman–Crippen MR) is 70.1 cm³/mol. The summed E-state index contributed by atoms with van der Waals surface area (Å²) in [6.45, 7) is 3.51. The summed E-state index contributed by atoms with van der Waals surface area (Å²) in [6.07, 6.45) is 0.562. The number of halogens is 1. The zero-order valence-electron chi connectivity index (χ0n) is 10.3. The predicted octanol–water partition coefficient (Wildman–Crippen LogP) is 2.86. The zero-order chi connectivity index (χ0) is 14.2.